The molecule has 10 heteroatoms. The molecule has 9 nitrogen and oxygen atoms in total. The van der Waals surface area contributed by atoms with Crippen LogP contribution in [0, 0.1) is 20.8 Å². The first-order valence-electron chi connectivity index (χ1n) is 12.5. The third-order valence-electron chi connectivity index (χ3n) is 6.94. The van der Waals surface area contributed by atoms with E-state index >= 15 is 0 Å². The van der Waals surface area contributed by atoms with Crippen molar-refractivity contribution in [3.63, 3.8) is 0 Å². The lowest BCUT2D eigenvalue weighted by atomic mass is 10.0. The summed E-state index contributed by atoms with van der Waals surface area (Å²) in [6.45, 7) is 10.1. The second-order valence-electron chi connectivity index (χ2n) is 9.94. The highest BCUT2D eigenvalue weighted by molar-refractivity contribution is 6.33. The van der Waals surface area contributed by atoms with E-state index < -0.39 is 6.10 Å². The summed E-state index contributed by atoms with van der Waals surface area (Å²) in [5.41, 5.74) is 7.01. The molecule has 0 saturated carbocycles. The van der Waals surface area contributed by atoms with Crippen LogP contribution in [0.4, 0.5) is 5.82 Å². The van der Waals surface area contributed by atoms with Crippen molar-refractivity contribution in [1.82, 2.24) is 25.3 Å². The number of aryl methyl sites for hydroxylation is 2. The van der Waals surface area contributed by atoms with Crippen LogP contribution in [0.2, 0.25) is 5.02 Å². The van der Waals surface area contributed by atoms with E-state index in [4.69, 9.17) is 30.8 Å². The minimum absolute atomic E-state index is 0.158. The molecule has 0 saturated heterocycles. The summed E-state index contributed by atoms with van der Waals surface area (Å²) < 4.78 is 11.3. The molecule has 2 N–H and O–H groups in total. The van der Waals surface area contributed by atoms with E-state index in [9.17, 15) is 5.11 Å². The van der Waals surface area contributed by atoms with Crippen LogP contribution < -0.4 is 15.0 Å². The van der Waals surface area contributed by atoms with Crippen LogP contribution in [-0.4, -0.2) is 84.7 Å². The molecule has 0 spiro atoms. The predicted molar refractivity (Wildman–Crippen MR) is 144 cm³/mol. The molecule has 0 amide bonds. The van der Waals surface area contributed by atoms with Gasteiger partial charge in [-0.1, -0.05) is 16.8 Å². The lowest BCUT2D eigenvalue weighted by Crippen LogP contribution is -2.29. The van der Waals surface area contributed by atoms with E-state index in [1.807, 2.05) is 19.9 Å². The molecule has 1 atom stereocenters. The maximum atomic E-state index is 10.1. The van der Waals surface area contributed by atoms with Crippen LogP contribution in [0.5, 0.6) is 5.75 Å². The first-order chi connectivity index (χ1) is 17.7. The van der Waals surface area contributed by atoms with Crippen molar-refractivity contribution in [2.75, 3.05) is 58.3 Å². The molecule has 0 aliphatic carbocycles. The molecule has 37 heavy (non-hydrogen) atoms. The fraction of sp³-hybridized carbons (Fsp3) is 0.444. The molecule has 5 rings (SSSR count). The number of aliphatic hydroxyl groups excluding tert-OH is 1. The van der Waals surface area contributed by atoms with Crippen LogP contribution in [0.3, 0.4) is 0 Å². The number of nitrogens with zero attached hydrogens (tertiary/aromatic N) is 5. The Labute approximate surface area is 222 Å². The number of rotatable bonds is 8. The first-order valence-corrected chi connectivity index (χ1v) is 12.8. The molecule has 196 valence electrons. The lowest BCUT2D eigenvalue weighted by molar-refractivity contribution is 0.108. The maximum absolute atomic E-state index is 10.1. The molecule has 4 heterocycles. The number of aliphatic hydroxyl groups is 1. The van der Waals surface area contributed by atoms with Gasteiger partial charge in [0.2, 0.25) is 0 Å². The molecule has 3 aromatic rings. The summed E-state index contributed by atoms with van der Waals surface area (Å²) in [7, 11) is 3.94. The third kappa shape index (κ3) is 5.09. The van der Waals surface area contributed by atoms with Crippen LogP contribution in [0.1, 0.15) is 17.0 Å². The molecule has 0 radical (unpaired) electrons. The van der Waals surface area contributed by atoms with Gasteiger partial charge in [0.15, 0.2) is 5.82 Å². The highest BCUT2D eigenvalue weighted by Gasteiger charge is 2.31. The summed E-state index contributed by atoms with van der Waals surface area (Å²) in [6, 6.07) is 5.39. The number of likely N-dealkylation sites (N-methyl/N-ethyl adjacent to an activating group) is 2. The van der Waals surface area contributed by atoms with Crippen molar-refractivity contribution in [3.8, 4) is 28.4 Å². The molecule has 0 fully saturated rings. The Morgan fingerprint density at radius 1 is 1.14 bits per heavy atom. The SMILES string of the molecule is CNCC(O)COc1ccc(Cl)c(-c2nc(-c3c(C)noc3C)c(C)c(N3CC4=C(CN(C)C4)C3)n2)c1. The number of nitrogens with one attached hydrogen (secondary N) is 1. The van der Waals surface area contributed by atoms with Gasteiger partial charge in [-0.3, -0.25) is 4.90 Å². The summed E-state index contributed by atoms with van der Waals surface area (Å²) >= 11 is 6.68. The fourth-order valence-electron chi connectivity index (χ4n) is 5.17. The van der Waals surface area contributed by atoms with Crippen LogP contribution in [-0.2, 0) is 0 Å². The molecule has 2 aliphatic rings. The zero-order valence-corrected chi connectivity index (χ0v) is 22.7. The number of aromatic nitrogens is 3. The van der Waals surface area contributed by atoms with Crippen molar-refractivity contribution < 1.29 is 14.4 Å². The van der Waals surface area contributed by atoms with Crippen molar-refractivity contribution >= 4 is 17.4 Å². The zero-order chi connectivity index (χ0) is 26.3. The highest BCUT2D eigenvalue weighted by Crippen LogP contribution is 2.38. The van der Waals surface area contributed by atoms with Gasteiger partial charge in [0.1, 0.15) is 30.0 Å². The van der Waals surface area contributed by atoms with Crippen LogP contribution in [0.25, 0.3) is 22.6 Å². The monoisotopic (exact) mass is 524 g/mol. The Bertz CT molecular complexity index is 1320. The Hall–Kier alpha value is -2.98. The number of halogens is 1. The fourth-order valence-corrected chi connectivity index (χ4v) is 5.37. The van der Waals surface area contributed by atoms with Gasteiger partial charge in [-0.2, -0.15) is 0 Å². The minimum atomic E-state index is -0.624. The van der Waals surface area contributed by atoms with Crippen molar-refractivity contribution in [3.05, 3.63) is 51.4 Å². The van der Waals surface area contributed by atoms with Gasteiger partial charge in [-0.15, -0.1) is 0 Å². The first kappa shape index (κ1) is 25.7. The van der Waals surface area contributed by atoms with Crippen molar-refractivity contribution in [2.45, 2.75) is 26.9 Å². The molecule has 0 bridgehead atoms. The van der Waals surface area contributed by atoms with Gasteiger partial charge in [0.05, 0.1) is 22.0 Å². The van der Waals surface area contributed by atoms with Gasteiger partial charge in [-0.05, 0) is 64.2 Å². The molecule has 2 aromatic heterocycles. The predicted octanol–water partition coefficient (Wildman–Crippen LogP) is 3.40. The maximum Gasteiger partial charge on any atom is 0.163 e. The van der Waals surface area contributed by atoms with E-state index in [1.54, 1.807) is 19.2 Å². The largest absolute Gasteiger partial charge is 0.491 e. The van der Waals surface area contributed by atoms with Crippen LogP contribution in [0.15, 0.2) is 33.9 Å². The zero-order valence-electron chi connectivity index (χ0n) is 21.9. The molecule has 1 aromatic carbocycles. The Morgan fingerprint density at radius 2 is 1.86 bits per heavy atom. The van der Waals surface area contributed by atoms with Crippen molar-refractivity contribution in [2.24, 2.45) is 0 Å². The average molecular weight is 525 g/mol. The number of benzene rings is 1. The molecule has 2 aliphatic heterocycles. The summed E-state index contributed by atoms with van der Waals surface area (Å²) in [5, 5.41) is 17.7. The summed E-state index contributed by atoms with van der Waals surface area (Å²) in [6.07, 6.45) is -0.624. The van der Waals surface area contributed by atoms with Crippen molar-refractivity contribution in [1.29, 1.82) is 0 Å². The average Bonchev–Trinajstić information content (AvgIpc) is 3.51. The van der Waals surface area contributed by atoms with E-state index in [-0.39, 0.29) is 6.61 Å². The smallest absolute Gasteiger partial charge is 0.163 e. The molecular formula is C27H33ClN6O3. The second-order valence-corrected chi connectivity index (χ2v) is 10.4. The summed E-state index contributed by atoms with van der Waals surface area (Å²) in [5.74, 6) is 2.68. The number of ether oxygens (including phenoxy) is 1. The molecular weight excluding hydrogens is 492 g/mol. The topological polar surface area (TPSA) is 99.8 Å². The van der Waals surface area contributed by atoms with Gasteiger partial charge >= 0.3 is 0 Å². The Balaban J connectivity index is 1.57. The van der Waals surface area contributed by atoms with E-state index in [1.165, 1.54) is 11.1 Å². The van der Waals surface area contributed by atoms with Gasteiger partial charge in [0, 0.05) is 43.9 Å². The summed E-state index contributed by atoms with van der Waals surface area (Å²) in [4.78, 5) is 14.7. The van der Waals surface area contributed by atoms with E-state index in [2.05, 4.69) is 34.2 Å². The number of hydrogen-bond acceptors (Lipinski definition) is 9. The Morgan fingerprint density at radius 3 is 2.51 bits per heavy atom. The van der Waals surface area contributed by atoms with Gasteiger partial charge in [0.25, 0.3) is 0 Å². The highest BCUT2D eigenvalue weighted by atomic mass is 35.5. The minimum Gasteiger partial charge on any atom is -0.491 e. The van der Waals surface area contributed by atoms with Gasteiger partial charge < -0.3 is 24.6 Å². The number of hydrogen-bond donors (Lipinski definition) is 2. The van der Waals surface area contributed by atoms with E-state index in [0.717, 1.165) is 54.5 Å². The quantitative estimate of drug-likeness (QED) is 0.429. The number of anilines is 1. The molecule has 1 unspecified atom stereocenters. The third-order valence-corrected chi connectivity index (χ3v) is 7.27. The van der Waals surface area contributed by atoms with Crippen LogP contribution >= 0.6 is 11.6 Å². The second kappa shape index (κ2) is 10.4. The lowest BCUT2D eigenvalue weighted by Gasteiger charge is -2.25. The standard InChI is InChI=1S/C27H33ClN6O3/c1-15-25(24-16(2)32-37-17(24)3)30-26(31-27(15)34-12-18-10-33(5)11-19(18)13-34)22-8-21(6-7-23(22)28)36-14-20(35)9-29-4/h6-8,20,29,35H,9-14H2,1-5H3. The van der Waals surface area contributed by atoms with Gasteiger partial charge in [-0.25, -0.2) is 9.97 Å². The Kier molecular flexibility index (Phi) is 7.22. The van der Waals surface area contributed by atoms with E-state index in [0.29, 0.717) is 34.5 Å². The normalized spacial score (nSPS) is 16.6.